The van der Waals surface area contributed by atoms with Crippen molar-refractivity contribution < 1.29 is 34.6 Å². The first-order valence-electron chi connectivity index (χ1n) is 6.62. The van der Waals surface area contributed by atoms with Gasteiger partial charge in [-0.15, -0.1) is 0 Å². The minimum Gasteiger partial charge on any atom is -0.497 e. The van der Waals surface area contributed by atoms with Crippen molar-refractivity contribution >= 4 is 0 Å². The lowest BCUT2D eigenvalue weighted by molar-refractivity contribution is -0.151. The van der Waals surface area contributed by atoms with Crippen LogP contribution in [0.3, 0.4) is 0 Å². The largest absolute Gasteiger partial charge is 0.497 e. The van der Waals surface area contributed by atoms with Crippen molar-refractivity contribution in [1.82, 2.24) is 0 Å². The predicted octanol–water partition coefficient (Wildman–Crippen LogP) is -0.988. The molecule has 2 rings (SSSR count). The van der Waals surface area contributed by atoms with Gasteiger partial charge in [0.15, 0.2) is 6.29 Å². The van der Waals surface area contributed by atoms with E-state index in [1.165, 1.54) is 0 Å². The first kappa shape index (κ1) is 16.2. The fourth-order valence-electron chi connectivity index (χ4n) is 2.20. The minimum atomic E-state index is -1.45. The Morgan fingerprint density at radius 1 is 1.24 bits per heavy atom. The average molecular weight is 300 g/mol. The first-order chi connectivity index (χ1) is 10.1. The molecule has 7 nitrogen and oxygen atoms in total. The zero-order valence-corrected chi connectivity index (χ0v) is 11.6. The normalized spacial score (nSPS) is 30.3. The summed E-state index contributed by atoms with van der Waals surface area (Å²) in [6.07, 6.45) is -5.88. The molecule has 0 spiro atoms. The van der Waals surface area contributed by atoms with Crippen LogP contribution in [0.5, 0.6) is 5.75 Å². The smallest absolute Gasteiger partial charge is 0.184 e. The Bertz CT molecular complexity index is 435. The minimum absolute atomic E-state index is 0.163. The van der Waals surface area contributed by atoms with Gasteiger partial charge in [-0.1, -0.05) is 12.1 Å². The molecule has 1 saturated heterocycles. The van der Waals surface area contributed by atoms with E-state index in [0.717, 1.165) is 5.56 Å². The maximum Gasteiger partial charge on any atom is 0.184 e. The molecule has 0 unspecified atom stereocenters. The highest BCUT2D eigenvalue weighted by Gasteiger charge is 2.46. The molecular weight excluding hydrogens is 280 g/mol. The molecule has 1 aliphatic rings. The molecule has 0 radical (unpaired) electrons. The van der Waals surface area contributed by atoms with E-state index in [1.54, 1.807) is 31.4 Å². The van der Waals surface area contributed by atoms with Gasteiger partial charge in [-0.3, -0.25) is 0 Å². The molecule has 5 atom stereocenters. The molecule has 1 aromatic carbocycles. The molecule has 0 amide bonds. The van der Waals surface area contributed by atoms with Crippen LogP contribution in [0, 0.1) is 0 Å². The summed E-state index contributed by atoms with van der Waals surface area (Å²) in [5.74, 6) is 0.715. The number of rotatable bonds is 6. The van der Waals surface area contributed by atoms with Gasteiger partial charge in [0, 0.05) is 0 Å². The molecule has 0 aromatic heterocycles. The van der Waals surface area contributed by atoms with Crippen molar-refractivity contribution in [1.29, 1.82) is 0 Å². The standard InChI is InChI=1S/C14H20O7/c1-19-9-4-2-8(3-5-9)7-20-13-11(17)14(18)21-12(13)10(16)6-15/h2-5,10-18H,6-7H2,1H3/t10-,11+,12-,13+,14-/m1/s1. The van der Waals surface area contributed by atoms with Crippen LogP contribution in [0.25, 0.3) is 0 Å². The van der Waals surface area contributed by atoms with Gasteiger partial charge in [-0.2, -0.15) is 0 Å². The Morgan fingerprint density at radius 2 is 1.90 bits per heavy atom. The maximum absolute atomic E-state index is 9.82. The third-order valence-electron chi connectivity index (χ3n) is 3.42. The van der Waals surface area contributed by atoms with Crippen LogP contribution >= 0.6 is 0 Å². The Morgan fingerprint density at radius 3 is 2.48 bits per heavy atom. The van der Waals surface area contributed by atoms with Gasteiger partial charge in [0.1, 0.15) is 30.2 Å². The van der Waals surface area contributed by atoms with Crippen molar-refractivity contribution in [3.63, 3.8) is 0 Å². The summed E-state index contributed by atoms with van der Waals surface area (Å²) in [6, 6.07) is 7.15. The lowest BCUT2D eigenvalue weighted by atomic mass is 10.1. The molecule has 1 aliphatic heterocycles. The highest BCUT2D eigenvalue weighted by Crippen LogP contribution is 2.26. The number of aliphatic hydroxyl groups is 4. The number of ether oxygens (including phenoxy) is 3. The fourth-order valence-corrected chi connectivity index (χ4v) is 2.20. The molecular formula is C14H20O7. The average Bonchev–Trinajstić information content (AvgIpc) is 2.80. The summed E-state index contributed by atoms with van der Waals surface area (Å²) < 4.78 is 15.6. The number of hydrogen-bond acceptors (Lipinski definition) is 7. The first-order valence-corrected chi connectivity index (χ1v) is 6.62. The molecule has 0 saturated carbocycles. The number of hydrogen-bond donors (Lipinski definition) is 4. The molecule has 21 heavy (non-hydrogen) atoms. The van der Waals surface area contributed by atoms with Gasteiger partial charge in [0.25, 0.3) is 0 Å². The summed E-state index contributed by atoms with van der Waals surface area (Å²) in [6.45, 7) is -0.386. The second-order valence-electron chi connectivity index (χ2n) is 4.86. The number of benzene rings is 1. The van der Waals surface area contributed by atoms with E-state index in [1.807, 2.05) is 0 Å². The SMILES string of the molecule is COc1ccc(CO[C@H]2[C@H](O)[C@H](O)O[C@@H]2[C@H](O)CO)cc1. The highest BCUT2D eigenvalue weighted by molar-refractivity contribution is 5.26. The lowest BCUT2D eigenvalue weighted by Crippen LogP contribution is -2.42. The van der Waals surface area contributed by atoms with Crippen LogP contribution in [0.2, 0.25) is 0 Å². The van der Waals surface area contributed by atoms with Crippen molar-refractivity contribution in [2.24, 2.45) is 0 Å². The topological polar surface area (TPSA) is 109 Å². The summed E-state index contributed by atoms with van der Waals surface area (Å²) in [7, 11) is 1.57. The van der Waals surface area contributed by atoms with Crippen LogP contribution in [0.1, 0.15) is 5.56 Å². The Hall–Kier alpha value is -1.22. The van der Waals surface area contributed by atoms with E-state index < -0.39 is 37.3 Å². The van der Waals surface area contributed by atoms with Crippen molar-refractivity contribution in [2.45, 2.75) is 37.3 Å². The molecule has 1 heterocycles. The van der Waals surface area contributed by atoms with Crippen molar-refractivity contribution in [2.75, 3.05) is 13.7 Å². The zero-order chi connectivity index (χ0) is 15.4. The molecule has 1 aromatic rings. The zero-order valence-electron chi connectivity index (χ0n) is 11.6. The lowest BCUT2D eigenvalue weighted by Gasteiger charge is -2.23. The highest BCUT2D eigenvalue weighted by atomic mass is 16.7. The molecule has 0 bridgehead atoms. The Labute approximate surface area is 122 Å². The monoisotopic (exact) mass is 300 g/mol. The van der Waals surface area contributed by atoms with Crippen LogP contribution in [0.4, 0.5) is 0 Å². The van der Waals surface area contributed by atoms with Crippen molar-refractivity contribution in [3.8, 4) is 5.75 Å². The van der Waals surface area contributed by atoms with E-state index in [4.69, 9.17) is 19.3 Å². The van der Waals surface area contributed by atoms with E-state index in [9.17, 15) is 15.3 Å². The second kappa shape index (κ2) is 7.17. The molecule has 1 fully saturated rings. The third-order valence-corrected chi connectivity index (χ3v) is 3.42. The quantitative estimate of drug-likeness (QED) is 0.534. The summed E-state index contributed by atoms with van der Waals surface area (Å²) in [5.41, 5.74) is 0.835. The Kier molecular flexibility index (Phi) is 5.51. The third kappa shape index (κ3) is 3.70. The van der Waals surface area contributed by atoms with Crippen LogP contribution in [0.15, 0.2) is 24.3 Å². The van der Waals surface area contributed by atoms with Crippen molar-refractivity contribution in [3.05, 3.63) is 29.8 Å². The summed E-state index contributed by atoms with van der Waals surface area (Å²) >= 11 is 0. The van der Waals surface area contributed by atoms with E-state index in [2.05, 4.69) is 0 Å². The van der Waals surface area contributed by atoms with Gasteiger partial charge < -0.3 is 34.6 Å². The molecule has 118 valence electrons. The Balaban J connectivity index is 1.98. The van der Waals surface area contributed by atoms with Gasteiger partial charge in [0.05, 0.1) is 20.3 Å². The van der Waals surface area contributed by atoms with Gasteiger partial charge in [0.2, 0.25) is 0 Å². The molecule has 7 heteroatoms. The molecule has 0 aliphatic carbocycles. The van der Waals surface area contributed by atoms with Crippen LogP contribution in [-0.4, -0.2) is 64.8 Å². The van der Waals surface area contributed by atoms with Gasteiger partial charge in [-0.25, -0.2) is 0 Å². The van der Waals surface area contributed by atoms with E-state index >= 15 is 0 Å². The van der Waals surface area contributed by atoms with Gasteiger partial charge >= 0.3 is 0 Å². The van der Waals surface area contributed by atoms with E-state index in [-0.39, 0.29) is 6.61 Å². The summed E-state index contributed by atoms with van der Waals surface area (Å²) in [5, 5.41) is 37.9. The maximum atomic E-state index is 9.82. The second-order valence-corrected chi connectivity index (χ2v) is 4.86. The number of aliphatic hydroxyl groups excluding tert-OH is 4. The summed E-state index contributed by atoms with van der Waals surface area (Å²) in [4.78, 5) is 0. The van der Waals surface area contributed by atoms with Crippen LogP contribution < -0.4 is 4.74 Å². The molecule has 4 N–H and O–H groups in total. The van der Waals surface area contributed by atoms with Crippen LogP contribution in [-0.2, 0) is 16.1 Å². The van der Waals surface area contributed by atoms with Gasteiger partial charge in [-0.05, 0) is 17.7 Å². The predicted molar refractivity (Wildman–Crippen MR) is 71.6 cm³/mol. The van der Waals surface area contributed by atoms with E-state index in [0.29, 0.717) is 5.75 Å². The number of methoxy groups -OCH3 is 1. The fraction of sp³-hybridized carbons (Fsp3) is 0.571.